The van der Waals surface area contributed by atoms with E-state index in [0.717, 1.165) is 19.3 Å². The van der Waals surface area contributed by atoms with Crippen molar-refractivity contribution in [2.45, 2.75) is 32.1 Å². The molecule has 0 aliphatic heterocycles. The standard InChI is InChI=1S/C15H18FNO/c16-14-8-4-7-13(11-14)15(18)17-10-9-12-5-2-1-3-6-12/h4-5,7-8,11H,1-3,6,9-10H2,(H,17,18). The van der Waals surface area contributed by atoms with Crippen molar-refractivity contribution in [2.24, 2.45) is 0 Å². The number of benzene rings is 1. The second kappa shape index (κ2) is 6.34. The molecule has 0 unspecified atom stereocenters. The molecule has 96 valence electrons. The molecule has 2 rings (SSSR count). The van der Waals surface area contributed by atoms with Crippen LogP contribution in [0.25, 0.3) is 0 Å². The fourth-order valence-electron chi connectivity index (χ4n) is 2.20. The van der Waals surface area contributed by atoms with Gasteiger partial charge in [-0.25, -0.2) is 4.39 Å². The summed E-state index contributed by atoms with van der Waals surface area (Å²) in [5.41, 5.74) is 1.81. The third-order valence-corrected chi connectivity index (χ3v) is 3.20. The summed E-state index contributed by atoms with van der Waals surface area (Å²) in [5, 5.41) is 2.83. The van der Waals surface area contributed by atoms with Crippen LogP contribution in [0.15, 0.2) is 35.9 Å². The number of carbonyl (C=O) groups excluding carboxylic acids is 1. The Morgan fingerprint density at radius 2 is 2.22 bits per heavy atom. The minimum absolute atomic E-state index is 0.203. The number of hydrogen-bond donors (Lipinski definition) is 1. The van der Waals surface area contributed by atoms with Crippen LogP contribution >= 0.6 is 0 Å². The van der Waals surface area contributed by atoms with E-state index in [1.54, 1.807) is 12.1 Å². The van der Waals surface area contributed by atoms with Gasteiger partial charge in [-0.1, -0.05) is 17.7 Å². The lowest BCUT2D eigenvalue weighted by Gasteiger charge is -2.12. The van der Waals surface area contributed by atoms with Gasteiger partial charge in [-0.2, -0.15) is 0 Å². The van der Waals surface area contributed by atoms with Crippen LogP contribution in [0.1, 0.15) is 42.5 Å². The fourth-order valence-corrected chi connectivity index (χ4v) is 2.20. The van der Waals surface area contributed by atoms with Crippen molar-refractivity contribution in [1.82, 2.24) is 5.32 Å². The predicted octanol–water partition coefficient (Wildman–Crippen LogP) is 3.45. The average Bonchev–Trinajstić information content (AvgIpc) is 2.40. The summed E-state index contributed by atoms with van der Waals surface area (Å²) < 4.78 is 13.0. The van der Waals surface area contributed by atoms with Crippen LogP contribution in [-0.4, -0.2) is 12.5 Å². The van der Waals surface area contributed by atoms with Gasteiger partial charge in [0.2, 0.25) is 0 Å². The highest BCUT2D eigenvalue weighted by molar-refractivity contribution is 5.94. The number of carbonyl (C=O) groups is 1. The molecule has 3 heteroatoms. The smallest absolute Gasteiger partial charge is 0.251 e. The van der Waals surface area contributed by atoms with Gasteiger partial charge in [0.25, 0.3) is 5.91 Å². The third kappa shape index (κ3) is 3.69. The number of amides is 1. The van der Waals surface area contributed by atoms with Gasteiger partial charge in [-0.3, -0.25) is 4.79 Å². The summed E-state index contributed by atoms with van der Waals surface area (Å²) in [7, 11) is 0. The maximum absolute atomic E-state index is 13.0. The van der Waals surface area contributed by atoms with E-state index in [2.05, 4.69) is 11.4 Å². The lowest BCUT2D eigenvalue weighted by atomic mass is 9.97. The highest BCUT2D eigenvalue weighted by Gasteiger charge is 2.07. The van der Waals surface area contributed by atoms with Crippen molar-refractivity contribution in [3.63, 3.8) is 0 Å². The van der Waals surface area contributed by atoms with Crippen molar-refractivity contribution in [3.8, 4) is 0 Å². The molecule has 0 fully saturated rings. The van der Waals surface area contributed by atoms with Gasteiger partial charge < -0.3 is 5.32 Å². The molecule has 1 amide bonds. The zero-order valence-corrected chi connectivity index (χ0v) is 10.4. The molecule has 1 aromatic carbocycles. The Hall–Kier alpha value is -1.64. The molecule has 0 saturated carbocycles. The first kappa shape index (κ1) is 12.8. The average molecular weight is 247 g/mol. The van der Waals surface area contributed by atoms with Gasteiger partial charge in [0, 0.05) is 12.1 Å². The zero-order valence-electron chi connectivity index (χ0n) is 10.4. The first-order chi connectivity index (χ1) is 8.75. The van der Waals surface area contributed by atoms with Gasteiger partial charge >= 0.3 is 0 Å². The van der Waals surface area contributed by atoms with E-state index in [1.165, 1.54) is 30.5 Å². The molecule has 1 aliphatic rings. The Morgan fingerprint density at radius 1 is 1.33 bits per heavy atom. The predicted molar refractivity (Wildman–Crippen MR) is 69.9 cm³/mol. The minimum Gasteiger partial charge on any atom is -0.352 e. The van der Waals surface area contributed by atoms with E-state index in [4.69, 9.17) is 0 Å². The summed E-state index contributed by atoms with van der Waals surface area (Å²) in [6, 6.07) is 5.77. The third-order valence-electron chi connectivity index (χ3n) is 3.20. The van der Waals surface area contributed by atoms with E-state index in [-0.39, 0.29) is 11.7 Å². The molecular weight excluding hydrogens is 229 g/mol. The first-order valence-corrected chi connectivity index (χ1v) is 6.47. The Bertz CT molecular complexity index is 454. The molecule has 0 saturated heterocycles. The molecule has 0 radical (unpaired) electrons. The normalized spacial score (nSPS) is 15.1. The second-order valence-electron chi connectivity index (χ2n) is 4.62. The maximum atomic E-state index is 13.0. The van der Waals surface area contributed by atoms with Crippen LogP contribution in [-0.2, 0) is 0 Å². The fraction of sp³-hybridized carbons (Fsp3) is 0.400. The van der Waals surface area contributed by atoms with Gasteiger partial charge in [-0.05, 0) is 50.3 Å². The molecule has 0 heterocycles. The van der Waals surface area contributed by atoms with E-state index in [1.807, 2.05) is 0 Å². The zero-order chi connectivity index (χ0) is 12.8. The molecule has 1 aliphatic carbocycles. The second-order valence-corrected chi connectivity index (χ2v) is 4.62. The van der Waals surface area contributed by atoms with E-state index < -0.39 is 0 Å². The number of hydrogen-bond acceptors (Lipinski definition) is 1. The van der Waals surface area contributed by atoms with Crippen molar-refractivity contribution >= 4 is 5.91 Å². The van der Waals surface area contributed by atoms with Crippen LogP contribution in [0.4, 0.5) is 4.39 Å². The van der Waals surface area contributed by atoms with E-state index in [9.17, 15) is 9.18 Å². The van der Waals surface area contributed by atoms with Crippen LogP contribution in [0.2, 0.25) is 0 Å². The van der Waals surface area contributed by atoms with Crippen LogP contribution < -0.4 is 5.32 Å². The number of halogens is 1. The largest absolute Gasteiger partial charge is 0.352 e. The molecule has 0 atom stereocenters. The van der Waals surface area contributed by atoms with Gasteiger partial charge in [0.1, 0.15) is 5.82 Å². The highest BCUT2D eigenvalue weighted by Crippen LogP contribution is 2.19. The van der Waals surface area contributed by atoms with Crippen molar-refractivity contribution in [3.05, 3.63) is 47.3 Å². The highest BCUT2D eigenvalue weighted by atomic mass is 19.1. The van der Waals surface area contributed by atoms with Crippen LogP contribution in [0.3, 0.4) is 0 Å². The Labute approximate surface area is 107 Å². The summed E-state index contributed by atoms with van der Waals surface area (Å²) in [6.07, 6.45) is 8.02. The van der Waals surface area contributed by atoms with Crippen molar-refractivity contribution < 1.29 is 9.18 Å². The summed E-state index contributed by atoms with van der Waals surface area (Å²) in [4.78, 5) is 11.7. The van der Waals surface area contributed by atoms with E-state index in [0.29, 0.717) is 12.1 Å². The summed E-state index contributed by atoms with van der Waals surface area (Å²) >= 11 is 0. The van der Waals surface area contributed by atoms with Crippen molar-refractivity contribution in [2.75, 3.05) is 6.54 Å². The summed E-state index contributed by atoms with van der Waals surface area (Å²) in [5.74, 6) is -0.580. The summed E-state index contributed by atoms with van der Waals surface area (Å²) in [6.45, 7) is 0.626. The van der Waals surface area contributed by atoms with Gasteiger partial charge in [-0.15, -0.1) is 0 Å². The van der Waals surface area contributed by atoms with Gasteiger partial charge in [0.05, 0.1) is 0 Å². The SMILES string of the molecule is O=C(NCCC1=CCCCC1)c1cccc(F)c1. The van der Waals surface area contributed by atoms with Gasteiger partial charge in [0.15, 0.2) is 0 Å². The topological polar surface area (TPSA) is 29.1 Å². The van der Waals surface area contributed by atoms with Crippen molar-refractivity contribution in [1.29, 1.82) is 0 Å². The Morgan fingerprint density at radius 3 is 2.94 bits per heavy atom. The number of rotatable bonds is 4. The van der Waals surface area contributed by atoms with Crippen LogP contribution in [0, 0.1) is 5.82 Å². The number of nitrogens with one attached hydrogen (secondary N) is 1. The molecule has 1 N–H and O–H groups in total. The lowest BCUT2D eigenvalue weighted by Crippen LogP contribution is -2.24. The molecule has 0 aromatic heterocycles. The Balaban J connectivity index is 1.79. The lowest BCUT2D eigenvalue weighted by molar-refractivity contribution is 0.0953. The molecule has 0 spiro atoms. The Kier molecular flexibility index (Phi) is 4.51. The van der Waals surface area contributed by atoms with E-state index >= 15 is 0 Å². The maximum Gasteiger partial charge on any atom is 0.251 e. The molecular formula is C15H18FNO. The monoisotopic (exact) mass is 247 g/mol. The number of allylic oxidation sites excluding steroid dienone is 1. The molecule has 18 heavy (non-hydrogen) atoms. The minimum atomic E-state index is -0.377. The van der Waals surface area contributed by atoms with Crippen LogP contribution in [0.5, 0.6) is 0 Å². The molecule has 1 aromatic rings. The quantitative estimate of drug-likeness (QED) is 0.811. The first-order valence-electron chi connectivity index (χ1n) is 6.47. The molecule has 2 nitrogen and oxygen atoms in total. The molecule has 0 bridgehead atoms.